The van der Waals surface area contributed by atoms with E-state index in [0.717, 1.165) is 43.7 Å². The summed E-state index contributed by atoms with van der Waals surface area (Å²) in [6.07, 6.45) is 0.918. The molecule has 0 atom stereocenters. The summed E-state index contributed by atoms with van der Waals surface area (Å²) in [5.41, 5.74) is 4.78. The predicted octanol–water partition coefficient (Wildman–Crippen LogP) is 3.09. The van der Waals surface area contributed by atoms with Crippen molar-refractivity contribution in [3.05, 3.63) is 70.9 Å². The second-order valence-corrected chi connectivity index (χ2v) is 7.85. The monoisotopic (exact) mass is 389 g/mol. The van der Waals surface area contributed by atoms with Gasteiger partial charge in [0.2, 0.25) is 0 Å². The van der Waals surface area contributed by atoms with Gasteiger partial charge in [-0.2, -0.15) is 0 Å². The van der Waals surface area contributed by atoms with Crippen molar-refractivity contribution in [2.75, 3.05) is 38.1 Å². The third-order valence-electron chi connectivity index (χ3n) is 5.82. The number of imide groups is 1. The summed E-state index contributed by atoms with van der Waals surface area (Å²) in [4.78, 5) is 32.6. The van der Waals surface area contributed by atoms with Gasteiger partial charge in [0.05, 0.1) is 11.3 Å². The third kappa shape index (κ3) is 3.58. The number of carbonyl (C=O) groups excluding carboxylic acids is 2. The Kier molecular flexibility index (Phi) is 5.24. The molecule has 0 spiro atoms. The zero-order valence-corrected chi connectivity index (χ0v) is 17.3. The average molecular weight is 389 g/mol. The third-order valence-corrected chi connectivity index (χ3v) is 5.82. The first-order valence-electron chi connectivity index (χ1n) is 10.2. The minimum atomic E-state index is -0.239. The molecule has 29 heavy (non-hydrogen) atoms. The second kappa shape index (κ2) is 7.84. The lowest BCUT2D eigenvalue weighted by molar-refractivity contribution is -0.120. The van der Waals surface area contributed by atoms with E-state index in [4.69, 9.17) is 0 Å². The molecule has 2 aromatic rings. The van der Waals surface area contributed by atoms with E-state index < -0.39 is 0 Å². The maximum atomic E-state index is 13.5. The summed E-state index contributed by atoms with van der Waals surface area (Å²) >= 11 is 0. The minimum Gasteiger partial charge on any atom is -0.364 e. The van der Waals surface area contributed by atoms with Crippen LogP contribution < -0.4 is 4.90 Å². The SMILES string of the molecule is CCc1ccc(N2C(=O)C(c3ccc(C)cc3)=C(N3CCN(C)CC3)C2=O)cc1. The lowest BCUT2D eigenvalue weighted by Gasteiger charge is -2.34. The van der Waals surface area contributed by atoms with Crippen LogP contribution in [0.4, 0.5) is 5.69 Å². The largest absolute Gasteiger partial charge is 0.364 e. The number of likely N-dealkylation sites (N-methyl/N-ethyl adjacent to an activating group) is 1. The first kappa shape index (κ1) is 19.4. The van der Waals surface area contributed by atoms with Gasteiger partial charge in [-0.3, -0.25) is 9.59 Å². The van der Waals surface area contributed by atoms with Crippen molar-refractivity contribution >= 4 is 23.1 Å². The number of anilines is 1. The smallest absolute Gasteiger partial charge is 0.282 e. The van der Waals surface area contributed by atoms with Crippen molar-refractivity contribution in [3.63, 3.8) is 0 Å². The summed E-state index contributed by atoms with van der Waals surface area (Å²) < 4.78 is 0. The van der Waals surface area contributed by atoms with Crippen molar-refractivity contribution in [2.24, 2.45) is 0 Å². The Bertz CT molecular complexity index is 953. The molecular formula is C24H27N3O2. The van der Waals surface area contributed by atoms with Gasteiger partial charge < -0.3 is 9.80 Å². The van der Waals surface area contributed by atoms with Crippen molar-refractivity contribution in [1.82, 2.24) is 9.80 Å². The van der Waals surface area contributed by atoms with Crippen LogP contribution in [-0.2, 0) is 16.0 Å². The summed E-state index contributed by atoms with van der Waals surface area (Å²) in [5, 5.41) is 0. The highest BCUT2D eigenvalue weighted by Crippen LogP contribution is 2.35. The first-order chi connectivity index (χ1) is 14.0. The van der Waals surface area contributed by atoms with Gasteiger partial charge in [-0.25, -0.2) is 4.90 Å². The zero-order chi connectivity index (χ0) is 20.5. The molecule has 2 aliphatic rings. The normalized spacial score (nSPS) is 18.2. The van der Waals surface area contributed by atoms with Gasteiger partial charge in [0.1, 0.15) is 5.70 Å². The molecule has 2 aliphatic heterocycles. The second-order valence-electron chi connectivity index (χ2n) is 7.85. The van der Waals surface area contributed by atoms with Crippen molar-refractivity contribution in [2.45, 2.75) is 20.3 Å². The first-order valence-corrected chi connectivity index (χ1v) is 10.2. The van der Waals surface area contributed by atoms with Crippen LogP contribution in [0.5, 0.6) is 0 Å². The molecule has 2 aromatic carbocycles. The van der Waals surface area contributed by atoms with Crippen LogP contribution in [0.2, 0.25) is 0 Å². The van der Waals surface area contributed by atoms with Crippen LogP contribution in [0.3, 0.4) is 0 Å². The van der Waals surface area contributed by atoms with E-state index in [-0.39, 0.29) is 11.8 Å². The Morgan fingerprint density at radius 1 is 0.828 bits per heavy atom. The highest BCUT2D eigenvalue weighted by Gasteiger charge is 2.42. The van der Waals surface area contributed by atoms with Crippen LogP contribution in [0.25, 0.3) is 5.57 Å². The molecule has 1 fully saturated rings. The number of amides is 2. The molecule has 4 rings (SSSR count). The van der Waals surface area contributed by atoms with E-state index in [1.807, 2.05) is 55.5 Å². The number of piperazine rings is 1. The molecule has 5 heteroatoms. The van der Waals surface area contributed by atoms with Gasteiger partial charge in [0, 0.05) is 26.2 Å². The van der Waals surface area contributed by atoms with Crippen LogP contribution >= 0.6 is 0 Å². The molecule has 0 N–H and O–H groups in total. The molecule has 0 aliphatic carbocycles. The lowest BCUT2D eigenvalue weighted by atomic mass is 10.0. The van der Waals surface area contributed by atoms with E-state index in [2.05, 4.69) is 23.8 Å². The van der Waals surface area contributed by atoms with Crippen LogP contribution in [-0.4, -0.2) is 54.8 Å². The fourth-order valence-corrected chi connectivity index (χ4v) is 3.94. The van der Waals surface area contributed by atoms with Gasteiger partial charge in [-0.05, 0) is 43.7 Å². The number of benzene rings is 2. The van der Waals surface area contributed by atoms with Gasteiger partial charge in [0.25, 0.3) is 11.8 Å². The maximum Gasteiger partial charge on any atom is 0.282 e. The van der Waals surface area contributed by atoms with Gasteiger partial charge in [-0.15, -0.1) is 0 Å². The van der Waals surface area contributed by atoms with Gasteiger partial charge in [-0.1, -0.05) is 48.9 Å². The minimum absolute atomic E-state index is 0.223. The molecule has 2 amide bonds. The average Bonchev–Trinajstić information content (AvgIpc) is 2.99. The molecule has 0 saturated carbocycles. The summed E-state index contributed by atoms with van der Waals surface area (Å²) in [5.74, 6) is -0.462. The Labute approximate surface area is 172 Å². The Hall–Kier alpha value is -2.92. The fraction of sp³-hybridized carbons (Fsp3) is 0.333. The van der Waals surface area contributed by atoms with Crippen LogP contribution in [0.15, 0.2) is 54.2 Å². The number of hydrogen-bond donors (Lipinski definition) is 0. The number of carbonyl (C=O) groups is 2. The van der Waals surface area contributed by atoms with E-state index in [9.17, 15) is 9.59 Å². The van der Waals surface area contributed by atoms with Crippen LogP contribution in [0.1, 0.15) is 23.6 Å². The highest BCUT2D eigenvalue weighted by molar-refractivity contribution is 6.45. The molecule has 0 aromatic heterocycles. The molecule has 0 unspecified atom stereocenters. The van der Waals surface area contributed by atoms with E-state index in [1.54, 1.807) is 0 Å². The van der Waals surface area contributed by atoms with Crippen LogP contribution in [0, 0.1) is 6.92 Å². The van der Waals surface area contributed by atoms with E-state index >= 15 is 0 Å². The molecule has 5 nitrogen and oxygen atoms in total. The lowest BCUT2D eigenvalue weighted by Crippen LogP contribution is -2.46. The van der Waals surface area contributed by atoms with Crippen molar-refractivity contribution in [3.8, 4) is 0 Å². The quantitative estimate of drug-likeness (QED) is 0.754. The Balaban J connectivity index is 1.77. The molecule has 0 bridgehead atoms. The number of rotatable bonds is 4. The molecule has 1 saturated heterocycles. The van der Waals surface area contributed by atoms with Crippen molar-refractivity contribution < 1.29 is 9.59 Å². The number of nitrogens with zero attached hydrogens (tertiary/aromatic N) is 3. The zero-order valence-electron chi connectivity index (χ0n) is 17.3. The predicted molar refractivity (Wildman–Crippen MR) is 115 cm³/mol. The van der Waals surface area contributed by atoms with Gasteiger partial charge in [0.15, 0.2) is 0 Å². The van der Waals surface area contributed by atoms with E-state index in [0.29, 0.717) is 17.0 Å². The summed E-state index contributed by atoms with van der Waals surface area (Å²) in [7, 11) is 2.08. The summed E-state index contributed by atoms with van der Waals surface area (Å²) in [6, 6.07) is 15.6. The highest BCUT2D eigenvalue weighted by atomic mass is 16.2. The topological polar surface area (TPSA) is 43.9 Å². The summed E-state index contributed by atoms with van der Waals surface area (Å²) in [6.45, 7) is 7.33. The Morgan fingerprint density at radius 2 is 1.45 bits per heavy atom. The molecule has 150 valence electrons. The standard InChI is InChI=1S/C24H27N3O2/c1-4-18-7-11-20(12-8-18)27-23(28)21(19-9-5-17(2)6-10-19)22(24(27)29)26-15-13-25(3)14-16-26/h5-12H,4,13-16H2,1-3H3. The van der Waals surface area contributed by atoms with Gasteiger partial charge >= 0.3 is 0 Å². The maximum absolute atomic E-state index is 13.5. The molecule has 0 radical (unpaired) electrons. The fourth-order valence-electron chi connectivity index (χ4n) is 3.94. The van der Waals surface area contributed by atoms with E-state index in [1.165, 1.54) is 10.5 Å². The number of hydrogen-bond acceptors (Lipinski definition) is 4. The molecule has 2 heterocycles. The number of aryl methyl sites for hydroxylation is 2. The molecular weight excluding hydrogens is 362 g/mol. The Morgan fingerprint density at radius 3 is 2.03 bits per heavy atom. The van der Waals surface area contributed by atoms with Crippen molar-refractivity contribution in [1.29, 1.82) is 0 Å².